The van der Waals surface area contributed by atoms with Crippen LogP contribution in [0.25, 0.3) is 0 Å². The number of nitrogens with zero attached hydrogens (tertiary/aromatic N) is 3. The van der Waals surface area contributed by atoms with Crippen LogP contribution in [-0.4, -0.2) is 29.1 Å². The van der Waals surface area contributed by atoms with Gasteiger partial charge in [0.25, 0.3) is 0 Å². The van der Waals surface area contributed by atoms with Gasteiger partial charge in [-0.3, -0.25) is 10.1 Å². The van der Waals surface area contributed by atoms with Crippen LogP contribution in [0, 0.1) is 24.0 Å². The van der Waals surface area contributed by atoms with Crippen molar-refractivity contribution in [3.8, 4) is 11.5 Å². The summed E-state index contributed by atoms with van der Waals surface area (Å²) in [6.07, 6.45) is 1.26. The summed E-state index contributed by atoms with van der Waals surface area (Å²) in [7, 11) is 3.05. The Kier molecular flexibility index (Phi) is 5.77. The number of hydrogen-bond donors (Lipinski definition) is 2. The molecular formula is C20H21N5O4. The largest absolute Gasteiger partial charge is 0.497 e. The number of aryl methyl sites for hydroxylation is 2. The van der Waals surface area contributed by atoms with Gasteiger partial charge in [-0.25, -0.2) is 9.97 Å². The highest BCUT2D eigenvalue weighted by Gasteiger charge is 2.24. The molecule has 0 saturated carbocycles. The molecule has 1 heterocycles. The maximum atomic E-state index is 11.8. The van der Waals surface area contributed by atoms with Crippen molar-refractivity contribution in [3.05, 3.63) is 64.0 Å². The normalized spacial score (nSPS) is 10.3. The lowest BCUT2D eigenvalue weighted by Gasteiger charge is -2.14. The molecule has 0 spiro atoms. The van der Waals surface area contributed by atoms with E-state index >= 15 is 0 Å². The van der Waals surface area contributed by atoms with Gasteiger partial charge >= 0.3 is 5.69 Å². The van der Waals surface area contributed by atoms with Crippen LogP contribution in [-0.2, 0) is 0 Å². The number of aromatic nitrogens is 2. The first-order valence-electron chi connectivity index (χ1n) is 8.75. The molecule has 0 bridgehead atoms. The molecule has 0 fully saturated rings. The number of rotatable bonds is 7. The molecule has 1 aromatic heterocycles. The van der Waals surface area contributed by atoms with E-state index in [1.165, 1.54) is 13.4 Å². The Morgan fingerprint density at radius 3 is 2.17 bits per heavy atom. The van der Waals surface area contributed by atoms with Crippen molar-refractivity contribution in [2.75, 3.05) is 24.9 Å². The standard InChI is InChI=1S/C20H21N5O4/c1-12-5-7-15(13(2)9-12)23-19-18(25(26)27)20(22-11-21-19)24-16-8-6-14(28-3)10-17(16)29-4/h5-11H,1-4H3,(H2,21,22,23,24). The predicted octanol–water partition coefficient (Wildman–Crippen LogP) is 4.51. The molecule has 3 rings (SSSR count). The predicted molar refractivity (Wildman–Crippen MR) is 111 cm³/mol. The van der Waals surface area contributed by atoms with E-state index in [1.807, 2.05) is 32.0 Å². The lowest BCUT2D eigenvalue weighted by atomic mass is 10.1. The molecule has 2 aromatic carbocycles. The monoisotopic (exact) mass is 395 g/mol. The third kappa shape index (κ3) is 4.34. The number of methoxy groups -OCH3 is 2. The zero-order valence-corrected chi connectivity index (χ0v) is 16.5. The van der Waals surface area contributed by atoms with Gasteiger partial charge in [0.05, 0.1) is 24.8 Å². The first-order valence-corrected chi connectivity index (χ1v) is 8.75. The van der Waals surface area contributed by atoms with Crippen molar-refractivity contribution in [2.24, 2.45) is 0 Å². The lowest BCUT2D eigenvalue weighted by molar-refractivity contribution is -0.383. The maximum absolute atomic E-state index is 11.8. The highest BCUT2D eigenvalue weighted by Crippen LogP contribution is 2.37. The van der Waals surface area contributed by atoms with Gasteiger partial charge in [0.2, 0.25) is 11.6 Å². The highest BCUT2D eigenvalue weighted by molar-refractivity contribution is 5.79. The van der Waals surface area contributed by atoms with Crippen LogP contribution in [0.15, 0.2) is 42.7 Å². The Hall–Kier alpha value is -3.88. The van der Waals surface area contributed by atoms with E-state index in [1.54, 1.807) is 25.3 Å². The van der Waals surface area contributed by atoms with Gasteiger partial charge in [0.1, 0.15) is 17.8 Å². The van der Waals surface area contributed by atoms with Crippen LogP contribution in [0.1, 0.15) is 11.1 Å². The molecule has 0 aliphatic rings. The topological polar surface area (TPSA) is 111 Å². The third-order valence-electron chi connectivity index (χ3n) is 4.30. The van der Waals surface area contributed by atoms with E-state index in [0.717, 1.165) is 16.8 Å². The Balaban J connectivity index is 2.00. The quantitative estimate of drug-likeness (QED) is 0.444. The Morgan fingerprint density at radius 1 is 0.931 bits per heavy atom. The van der Waals surface area contributed by atoms with Crippen molar-refractivity contribution < 1.29 is 14.4 Å². The minimum Gasteiger partial charge on any atom is -0.497 e. The van der Waals surface area contributed by atoms with Gasteiger partial charge in [-0.05, 0) is 37.6 Å². The fourth-order valence-corrected chi connectivity index (χ4v) is 2.85. The third-order valence-corrected chi connectivity index (χ3v) is 4.30. The summed E-state index contributed by atoms with van der Waals surface area (Å²) in [6.45, 7) is 3.90. The number of nitrogens with one attached hydrogen (secondary N) is 2. The molecule has 0 amide bonds. The minimum absolute atomic E-state index is 0.0423. The molecule has 0 unspecified atom stereocenters. The molecular weight excluding hydrogens is 374 g/mol. The number of hydrogen-bond acceptors (Lipinski definition) is 8. The first-order chi connectivity index (χ1) is 13.9. The maximum Gasteiger partial charge on any atom is 0.353 e. The van der Waals surface area contributed by atoms with Crippen molar-refractivity contribution in [1.29, 1.82) is 0 Å². The summed E-state index contributed by atoms with van der Waals surface area (Å²) in [6, 6.07) is 10.8. The van der Waals surface area contributed by atoms with Crippen molar-refractivity contribution in [2.45, 2.75) is 13.8 Å². The van der Waals surface area contributed by atoms with Crippen LogP contribution in [0.5, 0.6) is 11.5 Å². The number of nitro groups is 1. The van der Waals surface area contributed by atoms with Crippen LogP contribution in [0.4, 0.5) is 28.7 Å². The molecule has 3 aromatic rings. The van der Waals surface area contributed by atoms with Crippen molar-refractivity contribution in [1.82, 2.24) is 9.97 Å². The van der Waals surface area contributed by atoms with Crippen LogP contribution < -0.4 is 20.1 Å². The molecule has 9 heteroatoms. The second kappa shape index (κ2) is 8.42. The summed E-state index contributed by atoms with van der Waals surface area (Å²) in [5.74, 6) is 1.19. The van der Waals surface area contributed by atoms with Gasteiger partial charge in [0.15, 0.2) is 0 Å². The summed E-state index contributed by atoms with van der Waals surface area (Å²) >= 11 is 0. The molecule has 150 valence electrons. The van der Waals surface area contributed by atoms with Gasteiger partial charge in [-0.1, -0.05) is 17.7 Å². The van der Waals surface area contributed by atoms with E-state index in [-0.39, 0.29) is 17.3 Å². The smallest absolute Gasteiger partial charge is 0.353 e. The van der Waals surface area contributed by atoms with E-state index in [4.69, 9.17) is 9.47 Å². The van der Waals surface area contributed by atoms with Gasteiger partial charge in [-0.15, -0.1) is 0 Å². The average Bonchev–Trinajstić information content (AvgIpc) is 2.70. The second-order valence-corrected chi connectivity index (χ2v) is 6.31. The molecule has 0 radical (unpaired) electrons. The Labute approximate surface area is 167 Å². The SMILES string of the molecule is COc1ccc(Nc2ncnc(Nc3ccc(C)cc3C)c2[N+](=O)[O-])c(OC)c1. The molecule has 0 atom stereocenters. The number of ether oxygens (including phenoxy) is 2. The Bertz CT molecular complexity index is 1060. The second-order valence-electron chi connectivity index (χ2n) is 6.31. The fourth-order valence-electron chi connectivity index (χ4n) is 2.85. The fraction of sp³-hybridized carbons (Fsp3) is 0.200. The van der Waals surface area contributed by atoms with Crippen LogP contribution in [0.2, 0.25) is 0 Å². The van der Waals surface area contributed by atoms with Crippen molar-refractivity contribution in [3.63, 3.8) is 0 Å². The van der Waals surface area contributed by atoms with Crippen LogP contribution in [0.3, 0.4) is 0 Å². The summed E-state index contributed by atoms with van der Waals surface area (Å²) in [5.41, 5.74) is 3.01. The molecule has 0 aliphatic heterocycles. The zero-order valence-electron chi connectivity index (χ0n) is 16.5. The molecule has 0 aliphatic carbocycles. The van der Waals surface area contributed by atoms with E-state index < -0.39 is 4.92 Å². The van der Waals surface area contributed by atoms with Crippen LogP contribution >= 0.6 is 0 Å². The molecule has 2 N–H and O–H groups in total. The minimum atomic E-state index is -0.524. The Morgan fingerprint density at radius 2 is 1.59 bits per heavy atom. The lowest BCUT2D eigenvalue weighted by Crippen LogP contribution is -2.06. The molecule has 9 nitrogen and oxygen atoms in total. The van der Waals surface area contributed by atoms with Gasteiger partial charge in [0, 0.05) is 11.8 Å². The zero-order chi connectivity index (χ0) is 21.0. The number of benzene rings is 2. The summed E-state index contributed by atoms with van der Waals surface area (Å²) < 4.78 is 10.5. The van der Waals surface area contributed by atoms with Crippen molar-refractivity contribution >= 4 is 28.7 Å². The average molecular weight is 395 g/mol. The van der Waals surface area contributed by atoms with E-state index in [9.17, 15) is 10.1 Å². The molecule has 29 heavy (non-hydrogen) atoms. The van der Waals surface area contributed by atoms with Gasteiger partial charge < -0.3 is 20.1 Å². The highest BCUT2D eigenvalue weighted by atomic mass is 16.6. The van der Waals surface area contributed by atoms with E-state index in [0.29, 0.717) is 17.2 Å². The number of anilines is 4. The summed E-state index contributed by atoms with van der Waals surface area (Å²) in [4.78, 5) is 19.4. The van der Waals surface area contributed by atoms with Gasteiger partial charge in [-0.2, -0.15) is 0 Å². The summed E-state index contributed by atoms with van der Waals surface area (Å²) in [5, 5.41) is 17.8. The van der Waals surface area contributed by atoms with E-state index in [2.05, 4.69) is 20.6 Å². The molecule has 0 saturated heterocycles. The first kappa shape index (κ1) is 19.9.